The monoisotopic (exact) mass is 479 g/mol. The topological polar surface area (TPSA) is 97.2 Å². The van der Waals surface area contributed by atoms with Crippen molar-refractivity contribution in [3.05, 3.63) is 66.0 Å². The second kappa shape index (κ2) is 9.68. The molecule has 0 bridgehead atoms. The standard InChI is InChI=1S/C25H29N5O3S/c31-25(19-10-12-22(13-11-19)34(32,33)29-15-5-6-16-29)27-18-20-17-24(23-9-3-4-14-26-23)30(28-20)21-7-1-2-8-21/h3-4,9-14,17,21H,1-2,5-8,15-16,18H2,(H,27,31). The van der Waals surface area contributed by atoms with Crippen LogP contribution in [-0.2, 0) is 16.6 Å². The smallest absolute Gasteiger partial charge is 0.251 e. The third-order valence-electron chi connectivity index (χ3n) is 6.63. The summed E-state index contributed by atoms with van der Waals surface area (Å²) in [5.74, 6) is -0.264. The maximum atomic E-state index is 12.7. The average molecular weight is 480 g/mol. The minimum absolute atomic E-state index is 0.223. The second-order valence-electron chi connectivity index (χ2n) is 8.94. The van der Waals surface area contributed by atoms with Gasteiger partial charge in [-0.15, -0.1) is 0 Å². The van der Waals surface area contributed by atoms with E-state index in [0.29, 0.717) is 24.7 Å². The Kier molecular flexibility index (Phi) is 6.47. The van der Waals surface area contributed by atoms with E-state index in [9.17, 15) is 13.2 Å². The Labute approximate surface area is 200 Å². The number of aromatic nitrogens is 3. The summed E-state index contributed by atoms with van der Waals surface area (Å²) in [4.78, 5) is 17.5. The van der Waals surface area contributed by atoms with Crippen LogP contribution in [0.25, 0.3) is 11.4 Å². The van der Waals surface area contributed by atoms with Gasteiger partial charge in [0.15, 0.2) is 0 Å². The van der Waals surface area contributed by atoms with Crippen LogP contribution in [0.2, 0.25) is 0 Å². The Balaban J connectivity index is 1.29. The number of hydrogen-bond acceptors (Lipinski definition) is 5. The first kappa shape index (κ1) is 22.7. The number of benzene rings is 1. The largest absolute Gasteiger partial charge is 0.346 e. The molecule has 9 heteroatoms. The van der Waals surface area contributed by atoms with Gasteiger partial charge < -0.3 is 5.32 Å². The molecule has 0 unspecified atom stereocenters. The highest BCUT2D eigenvalue weighted by atomic mass is 32.2. The molecule has 2 fully saturated rings. The van der Waals surface area contributed by atoms with E-state index in [2.05, 4.69) is 15.0 Å². The number of carbonyl (C=O) groups excluding carboxylic acids is 1. The molecule has 1 amide bonds. The second-order valence-corrected chi connectivity index (χ2v) is 10.9. The van der Waals surface area contributed by atoms with Crippen LogP contribution < -0.4 is 5.32 Å². The molecule has 2 aliphatic rings. The summed E-state index contributed by atoms with van der Waals surface area (Å²) in [6.07, 6.45) is 8.14. The molecule has 3 aromatic rings. The molecular formula is C25H29N5O3S. The first-order valence-corrected chi connectivity index (χ1v) is 13.3. The fourth-order valence-corrected chi connectivity index (χ4v) is 6.31. The SMILES string of the molecule is O=C(NCc1cc(-c2ccccn2)n(C2CCCC2)n1)c1ccc(S(=O)(=O)N2CCCC2)cc1. The molecule has 1 aromatic carbocycles. The molecule has 0 atom stereocenters. The fourth-order valence-electron chi connectivity index (χ4n) is 4.79. The van der Waals surface area contributed by atoms with Gasteiger partial charge in [0.1, 0.15) is 0 Å². The molecule has 1 N–H and O–H groups in total. The van der Waals surface area contributed by atoms with Crippen molar-refractivity contribution in [1.29, 1.82) is 0 Å². The Morgan fingerprint density at radius 1 is 1.00 bits per heavy atom. The molecule has 1 saturated carbocycles. The minimum atomic E-state index is -3.49. The van der Waals surface area contributed by atoms with Crippen LogP contribution in [0.3, 0.4) is 0 Å². The van der Waals surface area contributed by atoms with Crippen molar-refractivity contribution in [2.45, 2.75) is 56.0 Å². The number of sulfonamides is 1. The summed E-state index contributed by atoms with van der Waals surface area (Å²) in [7, 11) is -3.49. The summed E-state index contributed by atoms with van der Waals surface area (Å²) in [6, 6.07) is 14.3. The van der Waals surface area contributed by atoms with E-state index in [1.54, 1.807) is 18.3 Å². The van der Waals surface area contributed by atoms with Gasteiger partial charge in [-0.25, -0.2) is 8.42 Å². The molecule has 0 spiro atoms. The van der Waals surface area contributed by atoms with Crippen molar-refractivity contribution in [3.63, 3.8) is 0 Å². The maximum Gasteiger partial charge on any atom is 0.251 e. The van der Waals surface area contributed by atoms with E-state index < -0.39 is 10.0 Å². The number of nitrogens with zero attached hydrogens (tertiary/aromatic N) is 4. The first-order chi connectivity index (χ1) is 16.5. The molecular weight excluding hydrogens is 450 g/mol. The quantitative estimate of drug-likeness (QED) is 0.556. The highest BCUT2D eigenvalue weighted by molar-refractivity contribution is 7.89. The molecule has 5 rings (SSSR count). The number of rotatable bonds is 7. The highest BCUT2D eigenvalue weighted by Gasteiger charge is 2.27. The van der Waals surface area contributed by atoms with Crippen molar-refractivity contribution in [2.24, 2.45) is 0 Å². The van der Waals surface area contributed by atoms with Crippen LogP contribution in [0.15, 0.2) is 59.6 Å². The molecule has 8 nitrogen and oxygen atoms in total. The van der Waals surface area contributed by atoms with E-state index in [4.69, 9.17) is 5.10 Å². The predicted octanol–water partition coefficient (Wildman–Crippen LogP) is 3.77. The number of nitrogens with one attached hydrogen (secondary N) is 1. The van der Waals surface area contributed by atoms with Crippen molar-refractivity contribution in [3.8, 4) is 11.4 Å². The van der Waals surface area contributed by atoms with Crippen LogP contribution >= 0.6 is 0 Å². The van der Waals surface area contributed by atoms with Crippen molar-refractivity contribution in [1.82, 2.24) is 24.4 Å². The summed E-state index contributed by atoms with van der Waals surface area (Å²) in [5, 5.41) is 7.72. The fraction of sp³-hybridized carbons (Fsp3) is 0.400. The lowest BCUT2D eigenvalue weighted by Crippen LogP contribution is -2.28. The van der Waals surface area contributed by atoms with Crippen molar-refractivity contribution >= 4 is 15.9 Å². The number of hydrogen-bond donors (Lipinski definition) is 1. The van der Waals surface area contributed by atoms with Crippen LogP contribution in [0.4, 0.5) is 0 Å². The van der Waals surface area contributed by atoms with Gasteiger partial charge in [-0.05, 0) is 68.1 Å². The molecule has 3 heterocycles. The lowest BCUT2D eigenvalue weighted by Gasteiger charge is -2.15. The van der Waals surface area contributed by atoms with E-state index in [1.807, 2.05) is 24.3 Å². The van der Waals surface area contributed by atoms with Crippen LogP contribution in [0, 0.1) is 0 Å². The van der Waals surface area contributed by atoms with Crippen molar-refractivity contribution in [2.75, 3.05) is 13.1 Å². The minimum Gasteiger partial charge on any atom is -0.346 e. The summed E-state index contributed by atoms with van der Waals surface area (Å²) in [5.41, 5.74) is 3.03. The number of amides is 1. The molecule has 34 heavy (non-hydrogen) atoms. The van der Waals surface area contributed by atoms with Gasteiger partial charge in [0, 0.05) is 24.8 Å². The molecule has 1 saturated heterocycles. The van der Waals surface area contributed by atoms with Crippen LogP contribution in [-0.4, -0.2) is 46.5 Å². The maximum absolute atomic E-state index is 12.7. The number of pyridine rings is 1. The Morgan fingerprint density at radius 3 is 2.41 bits per heavy atom. The zero-order chi connectivity index (χ0) is 23.5. The van der Waals surface area contributed by atoms with Gasteiger partial charge in [-0.1, -0.05) is 18.9 Å². The lowest BCUT2D eigenvalue weighted by molar-refractivity contribution is 0.0950. The Bertz CT molecular complexity index is 1240. The van der Waals surface area contributed by atoms with E-state index in [0.717, 1.165) is 42.8 Å². The van der Waals surface area contributed by atoms with Crippen LogP contribution in [0.1, 0.15) is 60.6 Å². The van der Waals surface area contributed by atoms with Gasteiger partial charge in [-0.3, -0.25) is 14.5 Å². The third kappa shape index (κ3) is 4.63. The predicted molar refractivity (Wildman–Crippen MR) is 129 cm³/mol. The zero-order valence-electron chi connectivity index (χ0n) is 19.1. The summed E-state index contributed by atoms with van der Waals surface area (Å²) < 4.78 is 29.0. The number of carbonyl (C=O) groups is 1. The van der Waals surface area contributed by atoms with Gasteiger partial charge >= 0.3 is 0 Å². The zero-order valence-corrected chi connectivity index (χ0v) is 19.9. The van der Waals surface area contributed by atoms with E-state index in [1.165, 1.54) is 29.3 Å². The Hall–Kier alpha value is -3.04. The van der Waals surface area contributed by atoms with E-state index >= 15 is 0 Å². The molecule has 0 radical (unpaired) electrons. The van der Waals surface area contributed by atoms with Gasteiger partial charge in [0.05, 0.1) is 34.6 Å². The summed E-state index contributed by atoms with van der Waals surface area (Å²) >= 11 is 0. The average Bonchev–Trinajstić information content (AvgIpc) is 3.64. The van der Waals surface area contributed by atoms with Gasteiger partial charge in [0.25, 0.3) is 5.91 Å². The van der Waals surface area contributed by atoms with Gasteiger partial charge in [0.2, 0.25) is 10.0 Å². The lowest BCUT2D eigenvalue weighted by atomic mass is 10.2. The molecule has 2 aromatic heterocycles. The summed E-state index contributed by atoms with van der Waals surface area (Å²) in [6.45, 7) is 1.39. The molecule has 178 valence electrons. The molecule has 1 aliphatic heterocycles. The van der Waals surface area contributed by atoms with Gasteiger partial charge in [-0.2, -0.15) is 9.40 Å². The highest BCUT2D eigenvalue weighted by Crippen LogP contribution is 2.33. The van der Waals surface area contributed by atoms with Crippen LogP contribution in [0.5, 0.6) is 0 Å². The first-order valence-electron chi connectivity index (χ1n) is 11.9. The normalized spacial score (nSPS) is 17.3. The molecule has 1 aliphatic carbocycles. The Morgan fingerprint density at radius 2 is 1.74 bits per heavy atom. The third-order valence-corrected chi connectivity index (χ3v) is 8.55. The van der Waals surface area contributed by atoms with Crippen molar-refractivity contribution < 1.29 is 13.2 Å². The van der Waals surface area contributed by atoms with E-state index in [-0.39, 0.29) is 17.3 Å².